The van der Waals surface area contributed by atoms with Gasteiger partial charge in [-0.15, -0.1) is 0 Å². The summed E-state index contributed by atoms with van der Waals surface area (Å²) < 4.78 is 5.67. The Balaban J connectivity index is 0.000000219. The summed E-state index contributed by atoms with van der Waals surface area (Å²) >= 11 is 0. The van der Waals surface area contributed by atoms with E-state index in [0.29, 0.717) is 12.6 Å². The minimum atomic E-state index is -0.357. The first-order valence-corrected chi connectivity index (χ1v) is 14.8. The summed E-state index contributed by atoms with van der Waals surface area (Å²) in [6.07, 6.45) is 1.64. The summed E-state index contributed by atoms with van der Waals surface area (Å²) in [6, 6.07) is 35.4. The van der Waals surface area contributed by atoms with Crippen molar-refractivity contribution >= 4 is 23.2 Å². The zero-order chi connectivity index (χ0) is 28.9. The van der Waals surface area contributed by atoms with E-state index in [2.05, 4.69) is 75.8 Å². The lowest BCUT2D eigenvalue weighted by molar-refractivity contribution is 0.140. The first-order chi connectivity index (χ1) is 20.6. The van der Waals surface area contributed by atoms with E-state index in [1.54, 1.807) is 0 Å². The second-order valence-corrected chi connectivity index (χ2v) is 11.3. The fourth-order valence-corrected chi connectivity index (χ4v) is 6.34. The fourth-order valence-electron chi connectivity index (χ4n) is 6.34. The molecule has 2 atom stereocenters. The molecule has 42 heavy (non-hydrogen) atoms. The number of carbonyl (C=O) groups excluding carboxylic acids is 1. The Labute approximate surface area is 248 Å². The van der Waals surface area contributed by atoms with Gasteiger partial charge in [0.05, 0.1) is 17.4 Å². The average molecular weight is 562 g/mol. The fraction of sp³-hybridized carbons (Fsp3) is 0.286. The van der Waals surface area contributed by atoms with E-state index in [0.717, 1.165) is 50.4 Å². The molecule has 0 radical (unpaired) electrons. The summed E-state index contributed by atoms with van der Waals surface area (Å²) in [7, 11) is 0. The second-order valence-electron chi connectivity index (χ2n) is 11.3. The minimum Gasteiger partial charge on any atom is -0.449 e. The highest BCUT2D eigenvalue weighted by molar-refractivity contribution is 5.79. The number of fused-ring (bicyclic) bond motifs is 3. The highest BCUT2D eigenvalue weighted by atomic mass is 16.5. The van der Waals surface area contributed by atoms with Crippen LogP contribution in [0.25, 0.3) is 11.1 Å². The Kier molecular flexibility index (Phi) is 8.28. The summed E-state index contributed by atoms with van der Waals surface area (Å²) in [5.41, 5.74) is 19.9. The zero-order valence-electron chi connectivity index (χ0n) is 23.9. The molecule has 2 fully saturated rings. The molecule has 2 heterocycles. The molecule has 2 aliphatic heterocycles. The molecule has 0 aromatic heterocycles. The number of hydrogen-bond acceptors (Lipinski definition) is 6. The van der Waals surface area contributed by atoms with Crippen LogP contribution in [0.1, 0.15) is 29.9 Å². The van der Waals surface area contributed by atoms with E-state index in [9.17, 15) is 4.79 Å². The van der Waals surface area contributed by atoms with Gasteiger partial charge < -0.3 is 31.3 Å². The van der Waals surface area contributed by atoms with E-state index in [-0.39, 0.29) is 18.1 Å². The summed E-state index contributed by atoms with van der Waals surface area (Å²) in [5.74, 6) is 0.0762. The van der Waals surface area contributed by atoms with Crippen molar-refractivity contribution in [3.63, 3.8) is 0 Å². The third-order valence-corrected chi connectivity index (χ3v) is 8.48. The van der Waals surface area contributed by atoms with Crippen LogP contribution in [0.3, 0.4) is 0 Å². The van der Waals surface area contributed by atoms with Crippen molar-refractivity contribution in [1.29, 1.82) is 0 Å². The molecule has 2 saturated heterocycles. The predicted octanol–water partition coefficient (Wildman–Crippen LogP) is 5.61. The number of carbonyl (C=O) groups is 1. The number of anilines is 3. The molecular formula is C35H39N5O2. The third-order valence-electron chi connectivity index (χ3n) is 8.48. The van der Waals surface area contributed by atoms with Crippen LogP contribution >= 0.6 is 0 Å². The van der Waals surface area contributed by atoms with Crippen molar-refractivity contribution in [3.8, 4) is 11.1 Å². The van der Waals surface area contributed by atoms with Crippen molar-refractivity contribution in [2.45, 2.75) is 30.8 Å². The number of nitrogens with zero attached hydrogens (tertiary/aromatic N) is 2. The van der Waals surface area contributed by atoms with Crippen LogP contribution in [0, 0.1) is 0 Å². The standard InChI is InChI=1S/C25H25N3O2.C10H14N2/c26-23-11-5-6-12-24(23)28-14-13-17(15-28)27-25(29)30-16-22-20-9-3-1-7-18(20)19-8-2-4-10-21(19)22;11-9-6-7-12(8-9)10-4-2-1-3-5-10/h1-12,17,22H,13-16,26H2,(H,27,29);1-5,9H,6-8,11H2/t17-;9-/m00/s1. The molecule has 3 aliphatic rings. The van der Waals surface area contributed by atoms with Crippen molar-refractivity contribution in [3.05, 3.63) is 114 Å². The van der Waals surface area contributed by atoms with Gasteiger partial charge in [0, 0.05) is 43.8 Å². The molecule has 0 bridgehead atoms. The van der Waals surface area contributed by atoms with Crippen molar-refractivity contribution in [2.75, 3.05) is 48.3 Å². The number of para-hydroxylation sites is 3. The Bertz CT molecular complexity index is 1460. The predicted molar refractivity (Wildman–Crippen MR) is 171 cm³/mol. The van der Waals surface area contributed by atoms with Gasteiger partial charge >= 0.3 is 6.09 Å². The molecule has 4 aromatic rings. The minimum absolute atomic E-state index is 0.0558. The van der Waals surface area contributed by atoms with Crippen LogP contribution in [0.15, 0.2) is 103 Å². The smallest absolute Gasteiger partial charge is 0.407 e. The van der Waals surface area contributed by atoms with Crippen molar-refractivity contribution in [1.82, 2.24) is 5.32 Å². The zero-order valence-corrected chi connectivity index (χ0v) is 23.9. The quantitative estimate of drug-likeness (QED) is 0.274. The first kappa shape index (κ1) is 27.7. The molecule has 216 valence electrons. The Hall–Kier alpha value is -4.49. The van der Waals surface area contributed by atoms with E-state index in [1.807, 2.05) is 42.5 Å². The largest absolute Gasteiger partial charge is 0.449 e. The Morgan fingerprint density at radius 3 is 2.05 bits per heavy atom. The van der Waals surface area contributed by atoms with Gasteiger partial charge in [-0.05, 0) is 59.4 Å². The lowest BCUT2D eigenvalue weighted by atomic mass is 9.98. The van der Waals surface area contributed by atoms with Crippen molar-refractivity contribution < 1.29 is 9.53 Å². The van der Waals surface area contributed by atoms with Gasteiger partial charge in [0.2, 0.25) is 0 Å². The van der Waals surface area contributed by atoms with Crippen LogP contribution in [0.4, 0.5) is 21.9 Å². The first-order valence-electron chi connectivity index (χ1n) is 14.8. The molecule has 0 spiro atoms. The average Bonchev–Trinajstić information content (AvgIpc) is 3.75. The molecule has 1 aliphatic carbocycles. The Morgan fingerprint density at radius 2 is 1.38 bits per heavy atom. The van der Waals surface area contributed by atoms with E-state index >= 15 is 0 Å². The maximum absolute atomic E-state index is 12.5. The number of hydrogen-bond donors (Lipinski definition) is 3. The van der Waals surface area contributed by atoms with Gasteiger partial charge in [0.25, 0.3) is 0 Å². The number of alkyl carbamates (subject to hydrolysis) is 1. The highest BCUT2D eigenvalue weighted by Gasteiger charge is 2.30. The topological polar surface area (TPSA) is 96.9 Å². The summed E-state index contributed by atoms with van der Waals surface area (Å²) in [5, 5.41) is 3.03. The number of amides is 1. The van der Waals surface area contributed by atoms with Crippen LogP contribution in [-0.4, -0.2) is 51.0 Å². The van der Waals surface area contributed by atoms with E-state index in [1.165, 1.54) is 27.9 Å². The maximum atomic E-state index is 12.5. The van der Waals surface area contributed by atoms with Gasteiger partial charge in [-0.1, -0.05) is 78.9 Å². The number of benzene rings is 4. The maximum Gasteiger partial charge on any atom is 0.407 e. The molecule has 7 nitrogen and oxygen atoms in total. The molecule has 0 saturated carbocycles. The summed E-state index contributed by atoms with van der Waals surface area (Å²) in [6.45, 7) is 4.04. The van der Waals surface area contributed by atoms with Crippen LogP contribution in [0.5, 0.6) is 0 Å². The summed E-state index contributed by atoms with van der Waals surface area (Å²) in [4.78, 5) is 17.1. The lowest BCUT2D eigenvalue weighted by Crippen LogP contribution is -2.38. The van der Waals surface area contributed by atoms with Crippen molar-refractivity contribution in [2.24, 2.45) is 5.73 Å². The molecular weight excluding hydrogens is 522 g/mol. The molecule has 0 unspecified atom stereocenters. The second kappa shape index (κ2) is 12.6. The van der Waals surface area contributed by atoms with Crippen LogP contribution in [-0.2, 0) is 4.74 Å². The Morgan fingerprint density at radius 1 is 0.762 bits per heavy atom. The van der Waals surface area contributed by atoms with E-state index < -0.39 is 0 Å². The number of nitrogens with two attached hydrogens (primary N) is 2. The molecule has 4 aromatic carbocycles. The van der Waals surface area contributed by atoms with Gasteiger partial charge in [0.1, 0.15) is 6.61 Å². The molecule has 1 amide bonds. The highest BCUT2D eigenvalue weighted by Crippen LogP contribution is 2.44. The SMILES string of the molecule is N[C@H]1CCN(c2ccccc2)C1.Nc1ccccc1N1CC[C@H](NC(=O)OCC2c3ccccc3-c3ccccc32)C1. The van der Waals surface area contributed by atoms with Gasteiger partial charge in [0.15, 0.2) is 0 Å². The molecule has 5 N–H and O–H groups in total. The molecule has 7 rings (SSSR count). The number of nitrogens with one attached hydrogen (secondary N) is 1. The van der Waals surface area contributed by atoms with Crippen LogP contribution in [0.2, 0.25) is 0 Å². The monoisotopic (exact) mass is 561 g/mol. The number of nitrogen functional groups attached to an aromatic ring is 1. The van der Waals surface area contributed by atoms with E-state index in [4.69, 9.17) is 16.2 Å². The number of ether oxygens (including phenoxy) is 1. The third kappa shape index (κ3) is 6.06. The molecule has 7 heteroatoms. The number of rotatable bonds is 5. The van der Waals surface area contributed by atoms with Gasteiger partial charge in [-0.3, -0.25) is 0 Å². The van der Waals surface area contributed by atoms with Crippen LogP contribution < -0.4 is 26.6 Å². The van der Waals surface area contributed by atoms with Gasteiger partial charge in [-0.2, -0.15) is 0 Å². The normalized spacial score (nSPS) is 19.1. The van der Waals surface area contributed by atoms with Gasteiger partial charge in [-0.25, -0.2) is 4.79 Å². The lowest BCUT2D eigenvalue weighted by Gasteiger charge is -2.21.